The van der Waals surface area contributed by atoms with E-state index in [1.807, 2.05) is 19.3 Å². The van der Waals surface area contributed by atoms with Gasteiger partial charge in [-0.15, -0.1) is 0 Å². The van der Waals surface area contributed by atoms with Crippen LogP contribution in [0.3, 0.4) is 0 Å². The fraction of sp³-hybridized carbons (Fsp3) is 0.520. The van der Waals surface area contributed by atoms with E-state index in [0.717, 1.165) is 50.9 Å². The van der Waals surface area contributed by atoms with Gasteiger partial charge in [0, 0.05) is 32.3 Å². The Bertz CT molecular complexity index is 782. The summed E-state index contributed by atoms with van der Waals surface area (Å²) in [4.78, 5) is 9.91. The molecular weight excluding hydrogens is 389 g/mol. The van der Waals surface area contributed by atoms with Crippen molar-refractivity contribution >= 4 is 12.9 Å². The lowest BCUT2D eigenvalue weighted by Gasteiger charge is -2.29. The third-order valence-corrected chi connectivity index (χ3v) is 6.02. The van der Waals surface area contributed by atoms with Crippen molar-refractivity contribution in [3.05, 3.63) is 59.4 Å². The molecular formula is C25H38FN5. The average molecular weight is 428 g/mol. The maximum Gasteiger partial charge on any atom is 0.141 e. The molecule has 31 heavy (non-hydrogen) atoms. The van der Waals surface area contributed by atoms with Gasteiger partial charge in [-0.05, 0) is 74.2 Å². The molecule has 3 N–H and O–H groups in total. The van der Waals surface area contributed by atoms with E-state index in [9.17, 15) is 0 Å². The highest BCUT2D eigenvalue weighted by molar-refractivity contribution is 5.63. The minimum Gasteiger partial charge on any atom is -0.382 e. The van der Waals surface area contributed by atoms with Crippen LogP contribution in [0.5, 0.6) is 0 Å². The van der Waals surface area contributed by atoms with Crippen LogP contribution < -0.4 is 11.1 Å². The second-order valence-corrected chi connectivity index (χ2v) is 8.41. The maximum atomic E-state index is 15.5. The fourth-order valence-electron chi connectivity index (χ4n) is 3.97. The molecule has 1 aliphatic carbocycles. The summed E-state index contributed by atoms with van der Waals surface area (Å²) in [5.74, 6) is 1.13. The van der Waals surface area contributed by atoms with Crippen LogP contribution in [-0.4, -0.2) is 44.5 Å². The maximum absolute atomic E-state index is 15.5. The largest absolute Gasteiger partial charge is 0.382 e. The quantitative estimate of drug-likeness (QED) is 0.433. The third-order valence-electron chi connectivity index (χ3n) is 6.02. The summed E-state index contributed by atoms with van der Waals surface area (Å²) in [6, 6.07) is 4.04. The Morgan fingerprint density at radius 3 is 2.81 bits per heavy atom. The number of hydrogen-bond donors (Lipinski definition) is 2. The molecule has 0 amide bonds. The van der Waals surface area contributed by atoms with E-state index in [1.165, 1.54) is 18.2 Å². The molecule has 1 aliphatic rings. The highest BCUT2D eigenvalue weighted by Gasteiger charge is 2.25. The molecule has 1 aromatic rings. The van der Waals surface area contributed by atoms with Crippen LogP contribution in [-0.2, 0) is 12.8 Å². The van der Waals surface area contributed by atoms with Crippen LogP contribution in [0, 0.1) is 11.7 Å². The van der Waals surface area contributed by atoms with Crippen LogP contribution in [0.4, 0.5) is 4.39 Å². The van der Waals surface area contributed by atoms with Gasteiger partial charge >= 0.3 is 0 Å². The Labute approximate surface area is 187 Å². The first-order valence-electron chi connectivity index (χ1n) is 11.3. The standard InChI is InChI=1S/C25H38FN5/c1-5-31(16-15-28-3)18-19(2)9-11-23-22(20-7-6-8-20)12-10-21(25(23)26)13-14-30-24(27)17-29-4/h5,10,12,14,17,19-20,28H,1,4,6-9,11,13,15-16,18,27H2,2-3H3/b24-17-,30-14-. The first-order chi connectivity index (χ1) is 15.0. The molecule has 2 rings (SSSR count). The van der Waals surface area contributed by atoms with Gasteiger partial charge in [0.2, 0.25) is 0 Å². The van der Waals surface area contributed by atoms with Crippen molar-refractivity contribution in [3.8, 4) is 0 Å². The number of halogens is 1. The number of nitrogens with two attached hydrogens (primary N) is 1. The molecule has 5 nitrogen and oxygen atoms in total. The van der Waals surface area contributed by atoms with Gasteiger partial charge in [0.25, 0.3) is 0 Å². The number of benzene rings is 1. The number of likely N-dealkylation sites (N-methyl/N-ethyl adjacent to an activating group) is 1. The predicted molar refractivity (Wildman–Crippen MR) is 130 cm³/mol. The summed E-state index contributed by atoms with van der Waals surface area (Å²) in [5, 5.41) is 3.17. The highest BCUT2D eigenvalue weighted by atomic mass is 19.1. The number of nitrogens with zero attached hydrogens (tertiary/aromatic N) is 3. The number of aliphatic imine (C=N–C) groups is 2. The molecule has 1 fully saturated rings. The summed E-state index contributed by atoms with van der Waals surface area (Å²) in [7, 11) is 1.95. The molecule has 0 radical (unpaired) electrons. The molecule has 6 heteroatoms. The molecule has 1 aromatic carbocycles. The minimum absolute atomic E-state index is 0.0804. The summed E-state index contributed by atoms with van der Waals surface area (Å²) in [6.07, 6.45) is 10.6. The molecule has 0 heterocycles. The monoisotopic (exact) mass is 427 g/mol. The van der Waals surface area contributed by atoms with Crippen LogP contribution in [0.2, 0.25) is 0 Å². The van der Waals surface area contributed by atoms with Gasteiger partial charge in [-0.25, -0.2) is 9.38 Å². The van der Waals surface area contributed by atoms with E-state index in [4.69, 9.17) is 5.73 Å². The molecule has 0 aliphatic heterocycles. The SMILES string of the molecule is C=CN(CCNC)CC(C)CCc1c(C2CCC2)ccc(C/C=N\C(N)=C/N=C)c1F. The number of hydrogen-bond acceptors (Lipinski definition) is 5. The van der Waals surface area contributed by atoms with Crippen LogP contribution in [0.15, 0.2) is 46.9 Å². The van der Waals surface area contributed by atoms with E-state index >= 15 is 4.39 Å². The summed E-state index contributed by atoms with van der Waals surface area (Å²) in [5.41, 5.74) is 8.44. The summed E-state index contributed by atoms with van der Waals surface area (Å²) < 4.78 is 15.5. The molecule has 0 aromatic heterocycles. The van der Waals surface area contributed by atoms with Gasteiger partial charge in [-0.3, -0.25) is 4.99 Å². The lowest BCUT2D eigenvalue weighted by molar-refractivity contribution is 0.310. The molecule has 170 valence electrons. The van der Waals surface area contributed by atoms with Gasteiger partial charge in [0.15, 0.2) is 0 Å². The van der Waals surface area contributed by atoms with Gasteiger partial charge in [0.05, 0.1) is 6.20 Å². The topological polar surface area (TPSA) is 66.0 Å². The second kappa shape index (κ2) is 13.1. The van der Waals surface area contributed by atoms with Crippen molar-refractivity contribution in [2.75, 3.05) is 26.7 Å². The first kappa shape index (κ1) is 24.8. The lowest BCUT2D eigenvalue weighted by atomic mass is 9.76. The number of rotatable bonds is 14. The molecule has 0 spiro atoms. The predicted octanol–water partition coefficient (Wildman–Crippen LogP) is 4.40. The fourth-order valence-corrected chi connectivity index (χ4v) is 3.97. The zero-order valence-corrected chi connectivity index (χ0v) is 19.1. The summed E-state index contributed by atoms with van der Waals surface area (Å²) in [6.45, 7) is 12.3. The van der Waals surface area contributed by atoms with Crippen molar-refractivity contribution in [1.29, 1.82) is 0 Å². The Balaban J connectivity index is 2.10. The van der Waals surface area contributed by atoms with Gasteiger partial charge in [-0.2, -0.15) is 0 Å². The highest BCUT2D eigenvalue weighted by Crippen LogP contribution is 2.39. The van der Waals surface area contributed by atoms with Crippen molar-refractivity contribution in [1.82, 2.24) is 10.2 Å². The van der Waals surface area contributed by atoms with Gasteiger partial charge in [-0.1, -0.05) is 32.1 Å². The molecule has 0 bridgehead atoms. The Hall–Kier alpha value is -2.47. The van der Waals surface area contributed by atoms with E-state index < -0.39 is 0 Å². The normalized spacial score (nSPS) is 15.6. The Morgan fingerprint density at radius 1 is 1.42 bits per heavy atom. The molecule has 1 atom stereocenters. The van der Waals surface area contributed by atoms with Crippen molar-refractivity contribution in [3.63, 3.8) is 0 Å². The molecule has 0 saturated heterocycles. The van der Waals surface area contributed by atoms with E-state index in [-0.39, 0.29) is 11.6 Å². The van der Waals surface area contributed by atoms with Crippen molar-refractivity contribution in [2.24, 2.45) is 21.6 Å². The van der Waals surface area contributed by atoms with Crippen LogP contribution in [0.1, 0.15) is 55.2 Å². The lowest BCUT2D eigenvalue weighted by Crippen LogP contribution is -2.30. The van der Waals surface area contributed by atoms with Gasteiger partial charge < -0.3 is 16.0 Å². The van der Waals surface area contributed by atoms with Crippen molar-refractivity contribution in [2.45, 2.75) is 51.4 Å². The molecule has 1 saturated carbocycles. The Morgan fingerprint density at radius 2 is 2.19 bits per heavy atom. The minimum atomic E-state index is -0.0804. The number of nitrogens with one attached hydrogen (secondary N) is 1. The zero-order valence-electron chi connectivity index (χ0n) is 19.1. The summed E-state index contributed by atoms with van der Waals surface area (Å²) >= 11 is 0. The first-order valence-corrected chi connectivity index (χ1v) is 11.3. The van der Waals surface area contributed by atoms with Gasteiger partial charge in [0.1, 0.15) is 11.6 Å². The van der Waals surface area contributed by atoms with E-state index in [1.54, 1.807) is 6.21 Å². The Kier molecular flexibility index (Phi) is 10.4. The molecule has 1 unspecified atom stereocenters. The van der Waals surface area contributed by atoms with E-state index in [0.29, 0.717) is 23.8 Å². The third kappa shape index (κ3) is 7.62. The van der Waals surface area contributed by atoms with E-state index in [2.05, 4.69) is 46.5 Å². The van der Waals surface area contributed by atoms with Crippen LogP contribution >= 0.6 is 0 Å². The zero-order chi connectivity index (χ0) is 22.6. The van der Waals surface area contributed by atoms with Crippen molar-refractivity contribution < 1.29 is 4.39 Å². The second-order valence-electron chi connectivity index (χ2n) is 8.41. The average Bonchev–Trinajstić information content (AvgIpc) is 2.71. The smallest absolute Gasteiger partial charge is 0.141 e. The van der Waals surface area contributed by atoms with Crippen LogP contribution in [0.25, 0.3) is 0 Å².